The fourth-order valence-electron chi connectivity index (χ4n) is 3.39. The highest BCUT2D eigenvalue weighted by Crippen LogP contribution is 2.39. The van der Waals surface area contributed by atoms with E-state index >= 15 is 0 Å². The van der Waals surface area contributed by atoms with Crippen LogP contribution in [0, 0.1) is 17.3 Å². The number of carbonyl (C=O) groups excluding carboxylic acids is 1. The van der Waals surface area contributed by atoms with Gasteiger partial charge in [-0.15, -0.1) is 0 Å². The second-order valence-electron chi connectivity index (χ2n) is 7.97. The summed E-state index contributed by atoms with van der Waals surface area (Å²) in [7, 11) is 0. The zero-order chi connectivity index (χ0) is 16.1. The molecule has 0 amide bonds. The lowest BCUT2D eigenvalue weighted by atomic mass is 9.75. The van der Waals surface area contributed by atoms with Gasteiger partial charge in [0.1, 0.15) is 5.60 Å². The van der Waals surface area contributed by atoms with Crippen molar-refractivity contribution in [1.29, 1.82) is 0 Å². The maximum Gasteiger partial charge on any atom is 0.312 e. The van der Waals surface area contributed by atoms with E-state index in [1.807, 2.05) is 0 Å². The lowest BCUT2D eigenvalue weighted by Crippen LogP contribution is -2.42. The first-order valence-corrected chi connectivity index (χ1v) is 8.98. The molecule has 1 rings (SSSR count). The van der Waals surface area contributed by atoms with Gasteiger partial charge in [-0.05, 0) is 58.3 Å². The molecule has 0 bridgehead atoms. The molecule has 0 radical (unpaired) electrons. The Morgan fingerprint density at radius 1 is 1.10 bits per heavy atom. The summed E-state index contributed by atoms with van der Waals surface area (Å²) in [5.74, 6) is 1.37. The maximum atomic E-state index is 12.7. The van der Waals surface area contributed by atoms with Gasteiger partial charge in [-0.1, -0.05) is 46.5 Å². The summed E-state index contributed by atoms with van der Waals surface area (Å²) in [5, 5.41) is 0. The number of hydrogen-bond donors (Lipinski definition) is 0. The number of rotatable bonds is 7. The molecule has 0 heterocycles. The van der Waals surface area contributed by atoms with Gasteiger partial charge in [0, 0.05) is 0 Å². The van der Waals surface area contributed by atoms with Crippen molar-refractivity contribution in [3.8, 4) is 0 Å². The Balaban J connectivity index is 2.66. The Bertz CT molecular complexity index is 326. The Morgan fingerprint density at radius 3 is 2.14 bits per heavy atom. The number of ether oxygens (including phenoxy) is 1. The van der Waals surface area contributed by atoms with E-state index in [1.54, 1.807) is 0 Å². The van der Waals surface area contributed by atoms with E-state index in [1.165, 1.54) is 25.7 Å². The molecule has 1 unspecified atom stereocenters. The molecule has 1 atom stereocenters. The maximum absolute atomic E-state index is 12.7. The number of carbonyl (C=O) groups is 1. The van der Waals surface area contributed by atoms with Crippen molar-refractivity contribution in [2.24, 2.45) is 17.3 Å². The van der Waals surface area contributed by atoms with Crippen LogP contribution in [-0.2, 0) is 9.53 Å². The van der Waals surface area contributed by atoms with Crippen LogP contribution in [0.4, 0.5) is 0 Å². The zero-order valence-electron chi connectivity index (χ0n) is 15.1. The topological polar surface area (TPSA) is 26.3 Å². The second-order valence-corrected chi connectivity index (χ2v) is 7.97. The molecule has 0 aromatic carbocycles. The molecular formula is C19H36O2. The van der Waals surface area contributed by atoms with Crippen molar-refractivity contribution in [3.05, 3.63) is 0 Å². The molecule has 2 heteroatoms. The van der Waals surface area contributed by atoms with Crippen molar-refractivity contribution < 1.29 is 9.53 Å². The van der Waals surface area contributed by atoms with Gasteiger partial charge in [-0.2, -0.15) is 0 Å². The quantitative estimate of drug-likeness (QED) is 0.560. The molecule has 1 saturated carbocycles. The van der Waals surface area contributed by atoms with Crippen LogP contribution in [-0.4, -0.2) is 11.6 Å². The van der Waals surface area contributed by atoms with Gasteiger partial charge in [0.2, 0.25) is 0 Å². The highest BCUT2D eigenvalue weighted by Gasteiger charge is 2.40. The summed E-state index contributed by atoms with van der Waals surface area (Å²) < 4.78 is 6.03. The molecule has 21 heavy (non-hydrogen) atoms. The normalized spacial score (nSPS) is 26.2. The Kier molecular flexibility index (Phi) is 6.74. The molecule has 1 aliphatic carbocycles. The summed E-state index contributed by atoms with van der Waals surface area (Å²) in [6, 6.07) is 0. The van der Waals surface area contributed by atoms with Gasteiger partial charge in [0.25, 0.3) is 0 Å². The zero-order valence-corrected chi connectivity index (χ0v) is 15.1. The van der Waals surface area contributed by atoms with Gasteiger partial charge in [0.05, 0.1) is 5.41 Å². The molecule has 0 spiro atoms. The molecule has 0 N–H and O–H groups in total. The molecular weight excluding hydrogens is 260 g/mol. The molecule has 1 aliphatic rings. The summed E-state index contributed by atoms with van der Waals surface area (Å²) in [6.07, 6.45) is 8.96. The van der Waals surface area contributed by atoms with Crippen LogP contribution in [0.1, 0.15) is 92.9 Å². The minimum atomic E-state index is -0.320. The van der Waals surface area contributed by atoms with Crippen molar-refractivity contribution in [2.75, 3.05) is 0 Å². The molecule has 0 aromatic heterocycles. The summed E-state index contributed by atoms with van der Waals surface area (Å²) in [4.78, 5) is 12.7. The summed E-state index contributed by atoms with van der Waals surface area (Å²) >= 11 is 0. The molecule has 0 aromatic rings. The van der Waals surface area contributed by atoms with E-state index < -0.39 is 0 Å². The third-order valence-corrected chi connectivity index (χ3v) is 5.71. The van der Waals surface area contributed by atoms with Crippen LogP contribution >= 0.6 is 0 Å². The lowest BCUT2D eigenvalue weighted by Gasteiger charge is -2.40. The van der Waals surface area contributed by atoms with Gasteiger partial charge in [-0.25, -0.2) is 0 Å². The van der Waals surface area contributed by atoms with Crippen LogP contribution in [0.3, 0.4) is 0 Å². The Hall–Kier alpha value is -0.530. The van der Waals surface area contributed by atoms with Crippen molar-refractivity contribution in [2.45, 2.75) is 98.5 Å². The molecule has 0 aliphatic heterocycles. The predicted octanol–water partition coefficient (Wildman–Crippen LogP) is 5.74. The van der Waals surface area contributed by atoms with Crippen LogP contribution in [0.2, 0.25) is 0 Å². The largest absolute Gasteiger partial charge is 0.459 e. The fourth-order valence-corrected chi connectivity index (χ4v) is 3.39. The van der Waals surface area contributed by atoms with Crippen LogP contribution in [0.25, 0.3) is 0 Å². The first kappa shape index (κ1) is 18.5. The number of hydrogen-bond acceptors (Lipinski definition) is 2. The smallest absolute Gasteiger partial charge is 0.312 e. The average molecular weight is 296 g/mol. The monoisotopic (exact) mass is 296 g/mol. The van der Waals surface area contributed by atoms with Gasteiger partial charge < -0.3 is 4.74 Å². The van der Waals surface area contributed by atoms with Crippen molar-refractivity contribution >= 4 is 5.97 Å². The van der Waals surface area contributed by atoms with Crippen molar-refractivity contribution in [1.82, 2.24) is 0 Å². The molecule has 2 nitrogen and oxygen atoms in total. The van der Waals surface area contributed by atoms with Gasteiger partial charge in [0.15, 0.2) is 0 Å². The predicted molar refractivity (Wildman–Crippen MR) is 89.2 cm³/mol. The van der Waals surface area contributed by atoms with E-state index in [4.69, 9.17) is 4.74 Å². The minimum absolute atomic E-state index is 0.0158. The SMILES string of the molecule is CCCCC(C)(CC)C(=O)OC(C)(C)C1CCC(C)CC1. The standard InChI is InChI=1S/C19H36O2/c1-7-9-14-19(6,8-2)17(20)21-18(4,5)16-12-10-15(3)11-13-16/h15-16H,7-14H2,1-6H3. The van der Waals surface area contributed by atoms with E-state index in [0.29, 0.717) is 5.92 Å². The average Bonchev–Trinajstić information content (AvgIpc) is 2.44. The number of esters is 1. The number of unbranched alkanes of at least 4 members (excludes halogenated alkanes) is 1. The van der Waals surface area contributed by atoms with Crippen LogP contribution < -0.4 is 0 Å². The fraction of sp³-hybridized carbons (Fsp3) is 0.947. The third kappa shape index (κ3) is 5.00. The molecule has 0 saturated heterocycles. The third-order valence-electron chi connectivity index (χ3n) is 5.71. The Labute approximate surface area is 132 Å². The van der Waals surface area contributed by atoms with E-state index in [9.17, 15) is 4.79 Å². The minimum Gasteiger partial charge on any atom is -0.459 e. The lowest BCUT2D eigenvalue weighted by molar-refractivity contribution is -0.176. The highest BCUT2D eigenvalue weighted by molar-refractivity contribution is 5.76. The molecule has 1 fully saturated rings. The van der Waals surface area contributed by atoms with Crippen LogP contribution in [0.15, 0.2) is 0 Å². The highest BCUT2D eigenvalue weighted by atomic mass is 16.6. The summed E-state index contributed by atoms with van der Waals surface area (Å²) in [6.45, 7) is 12.9. The first-order valence-electron chi connectivity index (χ1n) is 8.98. The van der Waals surface area contributed by atoms with Crippen molar-refractivity contribution in [3.63, 3.8) is 0 Å². The van der Waals surface area contributed by atoms with E-state index in [-0.39, 0.29) is 17.0 Å². The molecule has 124 valence electrons. The first-order chi connectivity index (χ1) is 9.75. The van der Waals surface area contributed by atoms with E-state index in [2.05, 4.69) is 41.5 Å². The van der Waals surface area contributed by atoms with Gasteiger partial charge in [-0.3, -0.25) is 4.79 Å². The van der Waals surface area contributed by atoms with Crippen LogP contribution in [0.5, 0.6) is 0 Å². The second kappa shape index (κ2) is 7.65. The summed E-state index contributed by atoms with van der Waals surface area (Å²) in [5.41, 5.74) is -0.630. The van der Waals surface area contributed by atoms with Gasteiger partial charge >= 0.3 is 5.97 Å². The van der Waals surface area contributed by atoms with E-state index in [0.717, 1.165) is 31.6 Å². The Morgan fingerprint density at radius 2 is 1.67 bits per heavy atom.